The van der Waals surface area contributed by atoms with Crippen molar-refractivity contribution in [3.05, 3.63) is 15.6 Å². The Balaban J connectivity index is 2.16. The molecule has 3 nitrogen and oxygen atoms in total. The SMILES string of the molecule is COC(c1nc(C)c(CCN)s1)C1CC1. The summed E-state index contributed by atoms with van der Waals surface area (Å²) >= 11 is 1.77. The highest BCUT2D eigenvalue weighted by molar-refractivity contribution is 7.11. The summed E-state index contributed by atoms with van der Waals surface area (Å²) in [4.78, 5) is 5.91. The van der Waals surface area contributed by atoms with Crippen molar-refractivity contribution in [1.82, 2.24) is 4.98 Å². The van der Waals surface area contributed by atoms with Gasteiger partial charge in [-0.25, -0.2) is 4.98 Å². The zero-order chi connectivity index (χ0) is 10.8. The van der Waals surface area contributed by atoms with Crippen LogP contribution in [0.5, 0.6) is 0 Å². The van der Waals surface area contributed by atoms with Crippen LogP contribution in [0.4, 0.5) is 0 Å². The van der Waals surface area contributed by atoms with Gasteiger partial charge in [-0.15, -0.1) is 11.3 Å². The Morgan fingerprint density at radius 2 is 2.33 bits per heavy atom. The predicted octanol–water partition coefficient (Wildman–Crippen LogP) is 2.05. The number of rotatable bonds is 5. The molecule has 15 heavy (non-hydrogen) atoms. The Labute approximate surface area is 94.7 Å². The molecule has 1 saturated carbocycles. The number of ether oxygens (including phenoxy) is 1. The maximum absolute atomic E-state index is 5.57. The number of hydrogen-bond donors (Lipinski definition) is 1. The molecule has 1 heterocycles. The van der Waals surface area contributed by atoms with Gasteiger partial charge in [-0.1, -0.05) is 0 Å². The van der Waals surface area contributed by atoms with Crippen molar-refractivity contribution in [3.63, 3.8) is 0 Å². The number of aromatic nitrogens is 1. The highest BCUT2D eigenvalue weighted by atomic mass is 32.1. The average molecular weight is 226 g/mol. The van der Waals surface area contributed by atoms with Crippen LogP contribution in [-0.4, -0.2) is 18.6 Å². The van der Waals surface area contributed by atoms with E-state index in [1.165, 1.54) is 17.7 Å². The molecule has 1 atom stereocenters. The van der Waals surface area contributed by atoms with Crippen LogP contribution in [0.15, 0.2) is 0 Å². The largest absolute Gasteiger partial charge is 0.374 e. The molecule has 0 aliphatic heterocycles. The van der Waals surface area contributed by atoms with Crippen molar-refractivity contribution in [2.75, 3.05) is 13.7 Å². The van der Waals surface area contributed by atoms with Crippen molar-refractivity contribution < 1.29 is 4.74 Å². The van der Waals surface area contributed by atoms with E-state index in [1.807, 2.05) is 0 Å². The third kappa shape index (κ3) is 2.38. The molecule has 0 saturated heterocycles. The van der Waals surface area contributed by atoms with Gasteiger partial charge >= 0.3 is 0 Å². The lowest BCUT2D eigenvalue weighted by molar-refractivity contribution is 0.0843. The molecule has 0 amide bonds. The molecule has 1 aromatic heterocycles. The monoisotopic (exact) mass is 226 g/mol. The fourth-order valence-corrected chi connectivity index (χ4v) is 3.08. The summed E-state index contributed by atoms with van der Waals surface area (Å²) in [6, 6.07) is 0. The van der Waals surface area contributed by atoms with Gasteiger partial charge in [0, 0.05) is 12.0 Å². The smallest absolute Gasteiger partial charge is 0.122 e. The normalized spacial score (nSPS) is 18.1. The molecular weight excluding hydrogens is 208 g/mol. The minimum Gasteiger partial charge on any atom is -0.374 e. The van der Waals surface area contributed by atoms with Crippen LogP contribution in [-0.2, 0) is 11.2 Å². The zero-order valence-corrected chi connectivity index (χ0v) is 10.1. The maximum Gasteiger partial charge on any atom is 0.122 e. The van der Waals surface area contributed by atoms with Crippen LogP contribution in [0.3, 0.4) is 0 Å². The van der Waals surface area contributed by atoms with Crippen molar-refractivity contribution in [1.29, 1.82) is 0 Å². The van der Waals surface area contributed by atoms with Gasteiger partial charge in [0.25, 0.3) is 0 Å². The van der Waals surface area contributed by atoms with E-state index in [9.17, 15) is 0 Å². The Morgan fingerprint density at radius 1 is 1.60 bits per heavy atom. The highest BCUT2D eigenvalue weighted by Gasteiger charge is 2.34. The first-order valence-corrected chi connectivity index (χ1v) is 6.27. The lowest BCUT2D eigenvalue weighted by Crippen LogP contribution is -2.02. The molecule has 1 unspecified atom stereocenters. The van der Waals surface area contributed by atoms with Crippen molar-refractivity contribution in [2.45, 2.75) is 32.3 Å². The molecule has 0 radical (unpaired) electrons. The molecule has 84 valence electrons. The van der Waals surface area contributed by atoms with Crippen LogP contribution < -0.4 is 5.73 Å². The number of nitrogens with two attached hydrogens (primary N) is 1. The molecule has 1 aromatic rings. The Kier molecular flexibility index (Phi) is 3.38. The summed E-state index contributed by atoms with van der Waals surface area (Å²) in [5.41, 5.74) is 6.69. The molecule has 2 N–H and O–H groups in total. The van der Waals surface area contributed by atoms with Gasteiger partial charge in [0.05, 0.1) is 5.69 Å². The van der Waals surface area contributed by atoms with Crippen molar-refractivity contribution in [2.24, 2.45) is 11.7 Å². The molecule has 0 bridgehead atoms. The van der Waals surface area contributed by atoms with Gasteiger partial charge < -0.3 is 10.5 Å². The van der Waals surface area contributed by atoms with E-state index >= 15 is 0 Å². The molecule has 1 aliphatic rings. The Morgan fingerprint density at radius 3 is 2.87 bits per heavy atom. The van der Waals surface area contributed by atoms with E-state index in [2.05, 4.69) is 11.9 Å². The fraction of sp³-hybridized carbons (Fsp3) is 0.727. The number of methoxy groups -OCH3 is 1. The fourth-order valence-electron chi connectivity index (χ4n) is 1.83. The molecule has 0 spiro atoms. The number of thiazole rings is 1. The van der Waals surface area contributed by atoms with E-state index in [-0.39, 0.29) is 6.10 Å². The lowest BCUT2D eigenvalue weighted by Gasteiger charge is -2.10. The quantitative estimate of drug-likeness (QED) is 0.836. The second-order valence-electron chi connectivity index (χ2n) is 4.09. The van der Waals surface area contributed by atoms with Gasteiger partial charge in [-0.2, -0.15) is 0 Å². The standard InChI is InChI=1S/C11H18N2OS/c1-7-9(5-6-12)15-11(13-7)10(14-2)8-3-4-8/h8,10H,3-6,12H2,1-2H3. The van der Waals surface area contributed by atoms with E-state index in [1.54, 1.807) is 18.4 Å². The molecule has 1 fully saturated rings. The summed E-state index contributed by atoms with van der Waals surface area (Å²) in [7, 11) is 1.78. The van der Waals surface area contributed by atoms with Crippen molar-refractivity contribution >= 4 is 11.3 Å². The summed E-state index contributed by atoms with van der Waals surface area (Å²) < 4.78 is 5.52. The molecule has 0 aromatic carbocycles. The molecule has 4 heteroatoms. The second-order valence-corrected chi connectivity index (χ2v) is 5.21. The number of aryl methyl sites for hydroxylation is 1. The molecule has 1 aliphatic carbocycles. The topological polar surface area (TPSA) is 48.1 Å². The summed E-state index contributed by atoms with van der Waals surface area (Å²) in [5.74, 6) is 0.700. The summed E-state index contributed by atoms with van der Waals surface area (Å²) in [6.07, 6.45) is 3.72. The van der Waals surface area contributed by atoms with Gasteiger partial charge in [0.1, 0.15) is 11.1 Å². The molecular formula is C11H18N2OS. The van der Waals surface area contributed by atoms with E-state index in [0.29, 0.717) is 12.5 Å². The maximum atomic E-state index is 5.57. The number of hydrogen-bond acceptors (Lipinski definition) is 4. The zero-order valence-electron chi connectivity index (χ0n) is 9.32. The first kappa shape index (κ1) is 11.0. The van der Waals surface area contributed by atoms with Crippen LogP contribution in [0, 0.1) is 12.8 Å². The predicted molar refractivity (Wildman–Crippen MR) is 62.1 cm³/mol. The number of nitrogens with zero attached hydrogens (tertiary/aromatic N) is 1. The third-order valence-electron chi connectivity index (χ3n) is 2.83. The van der Waals surface area contributed by atoms with Gasteiger partial charge in [-0.05, 0) is 38.6 Å². The van der Waals surface area contributed by atoms with E-state index in [4.69, 9.17) is 10.5 Å². The van der Waals surface area contributed by atoms with Crippen LogP contribution in [0.25, 0.3) is 0 Å². The van der Waals surface area contributed by atoms with Crippen LogP contribution in [0.1, 0.15) is 34.5 Å². The summed E-state index contributed by atoms with van der Waals surface area (Å²) in [5, 5.41) is 1.14. The first-order chi connectivity index (χ1) is 7.26. The van der Waals surface area contributed by atoms with Gasteiger partial charge in [-0.3, -0.25) is 0 Å². The summed E-state index contributed by atoms with van der Waals surface area (Å²) in [6.45, 7) is 2.76. The second kappa shape index (κ2) is 4.60. The first-order valence-electron chi connectivity index (χ1n) is 5.45. The highest BCUT2D eigenvalue weighted by Crippen LogP contribution is 2.44. The van der Waals surface area contributed by atoms with E-state index in [0.717, 1.165) is 17.1 Å². The van der Waals surface area contributed by atoms with Crippen molar-refractivity contribution in [3.8, 4) is 0 Å². The minimum absolute atomic E-state index is 0.222. The van der Waals surface area contributed by atoms with E-state index < -0.39 is 0 Å². The van der Waals surface area contributed by atoms with Crippen LogP contribution in [0.2, 0.25) is 0 Å². The average Bonchev–Trinajstić information content (AvgIpc) is 2.96. The third-order valence-corrected chi connectivity index (χ3v) is 4.11. The molecule has 2 rings (SSSR count). The Hall–Kier alpha value is -0.450. The Bertz CT molecular complexity index is 333. The minimum atomic E-state index is 0.222. The van der Waals surface area contributed by atoms with Gasteiger partial charge in [0.15, 0.2) is 0 Å². The lowest BCUT2D eigenvalue weighted by atomic mass is 10.2. The van der Waals surface area contributed by atoms with Crippen LogP contribution >= 0.6 is 11.3 Å². The van der Waals surface area contributed by atoms with Gasteiger partial charge in [0.2, 0.25) is 0 Å².